The van der Waals surface area contributed by atoms with Gasteiger partial charge < -0.3 is 9.84 Å². The van der Waals surface area contributed by atoms with Crippen LogP contribution in [0.1, 0.15) is 12.8 Å². The number of carbonyl (C=O) groups is 1. The summed E-state index contributed by atoms with van der Waals surface area (Å²) in [6.45, 7) is 0.605. The van der Waals surface area contributed by atoms with E-state index in [2.05, 4.69) is 0 Å². The molecule has 4 nitrogen and oxygen atoms in total. The van der Waals surface area contributed by atoms with E-state index in [1.807, 2.05) is 0 Å². The first-order valence-electron chi connectivity index (χ1n) is 3.28. The molecule has 0 saturated carbocycles. The van der Waals surface area contributed by atoms with Gasteiger partial charge in [-0.05, 0) is 12.8 Å². The number of nitrogens with zero attached hydrogens (tertiary/aromatic N) is 1. The third-order valence-corrected chi connectivity index (χ3v) is 1.72. The van der Waals surface area contributed by atoms with E-state index in [1.54, 1.807) is 0 Å². The van der Waals surface area contributed by atoms with E-state index >= 15 is 0 Å². The lowest BCUT2D eigenvalue weighted by Crippen LogP contribution is -2.35. The molecule has 0 spiro atoms. The molecule has 1 N–H and O–H groups in total. The van der Waals surface area contributed by atoms with Crippen molar-refractivity contribution in [2.45, 2.75) is 19.1 Å². The van der Waals surface area contributed by atoms with E-state index in [9.17, 15) is 4.79 Å². The van der Waals surface area contributed by atoms with Crippen LogP contribution >= 0.6 is 0 Å². The lowest BCUT2D eigenvalue weighted by atomic mass is 10.4. The van der Waals surface area contributed by atoms with Crippen molar-refractivity contribution in [2.24, 2.45) is 0 Å². The first kappa shape index (κ1) is 7.34. The summed E-state index contributed by atoms with van der Waals surface area (Å²) >= 11 is 0. The Morgan fingerprint density at radius 2 is 2.50 bits per heavy atom. The summed E-state index contributed by atoms with van der Waals surface area (Å²) in [6.07, 6.45) is 0.634. The van der Waals surface area contributed by atoms with E-state index in [-0.39, 0.29) is 6.23 Å². The molecule has 0 aromatic carbocycles. The molecule has 0 unspecified atom stereocenters. The Morgan fingerprint density at radius 3 is 2.90 bits per heavy atom. The lowest BCUT2D eigenvalue weighted by molar-refractivity contribution is 0.00423. The highest BCUT2D eigenvalue weighted by atomic mass is 16.5. The summed E-state index contributed by atoms with van der Waals surface area (Å²) in [5.74, 6) is 0. The number of amides is 1. The van der Waals surface area contributed by atoms with Gasteiger partial charge >= 0.3 is 6.09 Å². The van der Waals surface area contributed by atoms with E-state index in [1.165, 1.54) is 12.0 Å². The van der Waals surface area contributed by atoms with Gasteiger partial charge in [-0.1, -0.05) is 0 Å². The highest BCUT2D eigenvalue weighted by molar-refractivity contribution is 5.65. The lowest BCUT2D eigenvalue weighted by Gasteiger charge is -2.18. The van der Waals surface area contributed by atoms with Crippen LogP contribution in [0.25, 0.3) is 0 Å². The standard InChI is InChI=1S/C6H11NO3/c1-10-5-3-2-4-7(5)6(8)9/h5H,2-4H2,1H3,(H,8,9)/t5-/m0/s1. The average molecular weight is 145 g/mol. The van der Waals surface area contributed by atoms with E-state index in [0.29, 0.717) is 6.54 Å². The molecule has 1 saturated heterocycles. The predicted molar refractivity (Wildman–Crippen MR) is 34.8 cm³/mol. The highest BCUT2D eigenvalue weighted by Crippen LogP contribution is 2.16. The molecule has 0 bridgehead atoms. The largest absolute Gasteiger partial charge is 0.465 e. The maximum Gasteiger partial charge on any atom is 0.409 e. The van der Waals surface area contributed by atoms with Gasteiger partial charge in [-0.2, -0.15) is 0 Å². The van der Waals surface area contributed by atoms with Crippen LogP contribution in [-0.2, 0) is 4.74 Å². The molecule has 10 heavy (non-hydrogen) atoms. The molecule has 1 amide bonds. The first-order valence-corrected chi connectivity index (χ1v) is 3.28. The maximum atomic E-state index is 10.4. The minimum absolute atomic E-state index is 0.211. The molecule has 58 valence electrons. The molecule has 1 rings (SSSR count). The predicted octanol–water partition coefficient (Wildman–Crippen LogP) is 0.733. The number of carboxylic acid groups (broad SMARTS) is 1. The van der Waals surface area contributed by atoms with Crippen molar-refractivity contribution in [3.63, 3.8) is 0 Å². The summed E-state index contributed by atoms with van der Waals surface area (Å²) in [5.41, 5.74) is 0. The molecule has 0 aromatic heterocycles. The molecule has 0 radical (unpaired) electrons. The molecular formula is C6H11NO3. The van der Waals surface area contributed by atoms with Crippen LogP contribution in [0, 0.1) is 0 Å². The van der Waals surface area contributed by atoms with Gasteiger partial charge in [0.05, 0.1) is 0 Å². The Hall–Kier alpha value is -0.770. The monoisotopic (exact) mass is 145 g/mol. The summed E-state index contributed by atoms with van der Waals surface area (Å²) in [6, 6.07) is 0. The number of ether oxygens (including phenoxy) is 1. The van der Waals surface area contributed by atoms with Gasteiger partial charge in [0.25, 0.3) is 0 Å². The van der Waals surface area contributed by atoms with Crippen LogP contribution in [0.4, 0.5) is 4.79 Å². The second-order valence-electron chi connectivity index (χ2n) is 2.31. The Bertz CT molecular complexity index is 137. The summed E-state index contributed by atoms with van der Waals surface area (Å²) in [7, 11) is 1.53. The van der Waals surface area contributed by atoms with Crippen molar-refractivity contribution < 1.29 is 14.6 Å². The van der Waals surface area contributed by atoms with Gasteiger partial charge in [0.2, 0.25) is 0 Å². The van der Waals surface area contributed by atoms with Crippen LogP contribution in [0.3, 0.4) is 0 Å². The highest BCUT2D eigenvalue weighted by Gasteiger charge is 2.27. The fraction of sp³-hybridized carbons (Fsp3) is 0.833. The van der Waals surface area contributed by atoms with Gasteiger partial charge in [-0.15, -0.1) is 0 Å². The van der Waals surface area contributed by atoms with Crippen LogP contribution in [0.5, 0.6) is 0 Å². The number of rotatable bonds is 1. The Balaban J connectivity index is 2.50. The minimum atomic E-state index is -0.885. The smallest absolute Gasteiger partial charge is 0.409 e. The maximum absolute atomic E-state index is 10.4. The fourth-order valence-electron chi connectivity index (χ4n) is 1.20. The van der Waals surface area contributed by atoms with Crippen molar-refractivity contribution in [2.75, 3.05) is 13.7 Å². The molecule has 1 aliphatic heterocycles. The van der Waals surface area contributed by atoms with Gasteiger partial charge in [0, 0.05) is 13.7 Å². The second kappa shape index (κ2) is 2.88. The Kier molecular flexibility index (Phi) is 2.11. The molecule has 1 fully saturated rings. The zero-order valence-electron chi connectivity index (χ0n) is 5.91. The summed E-state index contributed by atoms with van der Waals surface area (Å²) < 4.78 is 4.93. The topological polar surface area (TPSA) is 49.8 Å². The number of hydrogen-bond acceptors (Lipinski definition) is 2. The van der Waals surface area contributed by atoms with Crippen LogP contribution in [0.15, 0.2) is 0 Å². The molecule has 0 aliphatic carbocycles. The summed E-state index contributed by atoms with van der Waals surface area (Å²) in [4.78, 5) is 11.7. The summed E-state index contributed by atoms with van der Waals surface area (Å²) in [5, 5.41) is 8.56. The minimum Gasteiger partial charge on any atom is -0.465 e. The zero-order valence-corrected chi connectivity index (χ0v) is 5.91. The van der Waals surface area contributed by atoms with E-state index in [0.717, 1.165) is 12.8 Å². The van der Waals surface area contributed by atoms with Crippen LogP contribution < -0.4 is 0 Å². The van der Waals surface area contributed by atoms with Crippen LogP contribution in [-0.4, -0.2) is 36.0 Å². The van der Waals surface area contributed by atoms with Crippen molar-refractivity contribution >= 4 is 6.09 Å². The molecule has 4 heteroatoms. The van der Waals surface area contributed by atoms with Crippen molar-refractivity contribution in [3.05, 3.63) is 0 Å². The van der Waals surface area contributed by atoms with Gasteiger partial charge in [-0.3, -0.25) is 4.90 Å². The Morgan fingerprint density at radius 1 is 1.80 bits per heavy atom. The molecule has 1 aliphatic rings. The SMILES string of the molecule is CO[C@H]1CCCN1C(=O)O. The van der Waals surface area contributed by atoms with E-state index < -0.39 is 6.09 Å². The van der Waals surface area contributed by atoms with Crippen molar-refractivity contribution in [1.29, 1.82) is 0 Å². The number of likely N-dealkylation sites (tertiary alicyclic amines) is 1. The molecule has 1 atom stereocenters. The normalized spacial score (nSPS) is 25.3. The Labute approximate surface area is 59.4 Å². The number of hydrogen-bond donors (Lipinski definition) is 1. The zero-order chi connectivity index (χ0) is 7.56. The van der Waals surface area contributed by atoms with Gasteiger partial charge in [-0.25, -0.2) is 4.79 Å². The second-order valence-corrected chi connectivity index (χ2v) is 2.31. The van der Waals surface area contributed by atoms with Crippen molar-refractivity contribution in [3.8, 4) is 0 Å². The molecular weight excluding hydrogens is 134 g/mol. The number of methoxy groups -OCH3 is 1. The first-order chi connectivity index (χ1) is 4.75. The fourth-order valence-corrected chi connectivity index (χ4v) is 1.20. The third-order valence-electron chi connectivity index (χ3n) is 1.72. The quantitative estimate of drug-likeness (QED) is 0.591. The average Bonchev–Trinajstić information content (AvgIpc) is 2.33. The van der Waals surface area contributed by atoms with E-state index in [4.69, 9.17) is 9.84 Å². The van der Waals surface area contributed by atoms with Gasteiger partial charge in [0.1, 0.15) is 6.23 Å². The van der Waals surface area contributed by atoms with Gasteiger partial charge in [0.15, 0.2) is 0 Å². The van der Waals surface area contributed by atoms with Crippen molar-refractivity contribution in [1.82, 2.24) is 4.90 Å². The molecule has 0 aromatic rings. The third kappa shape index (κ3) is 1.21. The van der Waals surface area contributed by atoms with Crippen LogP contribution in [0.2, 0.25) is 0 Å². The molecule has 1 heterocycles.